The van der Waals surface area contributed by atoms with Crippen molar-refractivity contribution in [2.75, 3.05) is 0 Å². The van der Waals surface area contributed by atoms with Gasteiger partial charge in [0.15, 0.2) is 0 Å². The molecule has 1 aliphatic carbocycles. The summed E-state index contributed by atoms with van der Waals surface area (Å²) in [5.41, 5.74) is 0. The summed E-state index contributed by atoms with van der Waals surface area (Å²) in [6.45, 7) is 0. The molecule has 0 aromatic carbocycles. The average molecular weight is 294 g/mol. The molecular formula is C8H8F10. The van der Waals surface area contributed by atoms with Gasteiger partial charge in [-0.25, -0.2) is 17.6 Å². The van der Waals surface area contributed by atoms with Crippen LogP contribution in [0.15, 0.2) is 0 Å². The number of rotatable bonds is 1. The predicted octanol–water partition coefficient (Wildman–Crippen LogP) is 4.45. The first-order valence-corrected chi connectivity index (χ1v) is 4.57. The van der Waals surface area contributed by atoms with Crippen LogP contribution in [0.1, 0.15) is 12.8 Å². The molecule has 0 N–H and O–H groups in total. The summed E-state index contributed by atoms with van der Waals surface area (Å²) in [5.74, 6) is -1.67. The quantitative estimate of drug-likeness (QED) is 0.627. The molecule has 10 heteroatoms. The number of halogens is 10. The molecule has 0 spiro atoms. The first-order chi connectivity index (χ1) is 7.87. The van der Waals surface area contributed by atoms with Crippen molar-refractivity contribution in [3.63, 3.8) is 0 Å². The van der Waals surface area contributed by atoms with E-state index in [1.807, 2.05) is 0 Å². The zero-order valence-corrected chi connectivity index (χ0v) is 8.50. The number of hydrogen-bond donors (Lipinski definition) is 0. The third-order valence-corrected chi connectivity index (χ3v) is 2.14. The summed E-state index contributed by atoms with van der Waals surface area (Å²) in [7, 11) is 0. The molecular weight excluding hydrogens is 286 g/mol. The second-order valence-corrected chi connectivity index (χ2v) is 3.52. The van der Waals surface area contributed by atoms with Crippen LogP contribution in [0.25, 0.3) is 0 Å². The standard InChI is InChI=1S/C5H6F4.C3H2F6/c6-4-2-1-3(4)5(7,8)9;4-1(2(5)6)3(7,8)9/h3-4H,1-2H2;1-2H. The van der Waals surface area contributed by atoms with E-state index in [2.05, 4.69) is 0 Å². The Kier molecular flexibility index (Phi) is 5.73. The van der Waals surface area contributed by atoms with Gasteiger partial charge in [-0.05, 0) is 12.8 Å². The van der Waals surface area contributed by atoms with Gasteiger partial charge in [-0.15, -0.1) is 0 Å². The highest BCUT2D eigenvalue weighted by Gasteiger charge is 2.50. The molecule has 3 atom stereocenters. The summed E-state index contributed by atoms with van der Waals surface area (Å²) in [6.07, 6.45) is -19.3. The van der Waals surface area contributed by atoms with E-state index in [0.717, 1.165) is 0 Å². The van der Waals surface area contributed by atoms with Gasteiger partial charge in [0.05, 0.1) is 5.92 Å². The summed E-state index contributed by atoms with van der Waals surface area (Å²) >= 11 is 0. The van der Waals surface area contributed by atoms with Gasteiger partial charge >= 0.3 is 12.4 Å². The average Bonchev–Trinajstić information content (AvgIpc) is 2.10. The lowest BCUT2D eigenvalue weighted by Gasteiger charge is -2.31. The molecule has 1 saturated carbocycles. The fraction of sp³-hybridized carbons (Fsp3) is 1.00. The summed E-state index contributed by atoms with van der Waals surface area (Å²) in [5, 5.41) is 0. The molecule has 0 radical (unpaired) electrons. The highest BCUT2D eigenvalue weighted by molar-refractivity contribution is 4.85. The molecule has 18 heavy (non-hydrogen) atoms. The molecule has 1 aliphatic rings. The second kappa shape index (κ2) is 5.96. The molecule has 0 heterocycles. The summed E-state index contributed by atoms with van der Waals surface area (Å²) < 4.78 is 112. The van der Waals surface area contributed by atoms with E-state index in [9.17, 15) is 43.9 Å². The molecule has 0 saturated heterocycles. The van der Waals surface area contributed by atoms with Crippen LogP contribution in [0.5, 0.6) is 0 Å². The Labute approximate surface area is 94.9 Å². The van der Waals surface area contributed by atoms with Crippen LogP contribution in [-0.2, 0) is 0 Å². The molecule has 1 fully saturated rings. The highest BCUT2D eigenvalue weighted by Crippen LogP contribution is 2.42. The van der Waals surface area contributed by atoms with Gasteiger partial charge in [-0.2, -0.15) is 26.3 Å². The van der Waals surface area contributed by atoms with Gasteiger partial charge in [0.25, 0.3) is 12.6 Å². The van der Waals surface area contributed by atoms with Crippen molar-refractivity contribution in [1.29, 1.82) is 0 Å². The lowest BCUT2D eigenvalue weighted by Crippen LogP contribution is -2.39. The molecule has 0 aromatic rings. The smallest absolute Gasteiger partial charge is 0.247 e. The van der Waals surface area contributed by atoms with Crippen molar-refractivity contribution in [2.24, 2.45) is 5.92 Å². The Bertz CT molecular complexity index is 224. The molecule has 0 nitrogen and oxygen atoms in total. The van der Waals surface area contributed by atoms with Crippen LogP contribution in [0.2, 0.25) is 0 Å². The monoisotopic (exact) mass is 294 g/mol. The van der Waals surface area contributed by atoms with Crippen LogP contribution in [0.4, 0.5) is 43.9 Å². The van der Waals surface area contributed by atoms with Gasteiger partial charge in [0.2, 0.25) is 0 Å². The molecule has 0 aromatic heterocycles. The SMILES string of the molecule is FC(F)C(F)C(F)(F)F.FC1CCC1C(F)(F)F. The third kappa shape index (κ3) is 5.30. The van der Waals surface area contributed by atoms with Gasteiger partial charge in [-0.3, -0.25) is 0 Å². The minimum absolute atomic E-state index is 0.0370. The maximum atomic E-state index is 12.0. The second-order valence-electron chi connectivity index (χ2n) is 3.52. The fourth-order valence-corrected chi connectivity index (χ4v) is 0.971. The van der Waals surface area contributed by atoms with Crippen LogP contribution >= 0.6 is 0 Å². The van der Waals surface area contributed by atoms with Gasteiger partial charge in [-0.1, -0.05) is 0 Å². The lowest BCUT2D eigenvalue weighted by molar-refractivity contribution is -0.214. The lowest BCUT2D eigenvalue weighted by atomic mass is 9.83. The zero-order valence-electron chi connectivity index (χ0n) is 8.50. The molecule has 110 valence electrons. The van der Waals surface area contributed by atoms with E-state index >= 15 is 0 Å². The maximum Gasteiger partial charge on any atom is 0.425 e. The van der Waals surface area contributed by atoms with Gasteiger partial charge < -0.3 is 0 Å². The van der Waals surface area contributed by atoms with Crippen molar-refractivity contribution in [3.8, 4) is 0 Å². The minimum Gasteiger partial charge on any atom is -0.247 e. The van der Waals surface area contributed by atoms with E-state index < -0.39 is 37.0 Å². The van der Waals surface area contributed by atoms with Crippen molar-refractivity contribution < 1.29 is 43.9 Å². The Hall–Kier alpha value is -0.700. The van der Waals surface area contributed by atoms with Crippen molar-refractivity contribution in [1.82, 2.24) is 0 Å². The van der Waals surface area contributed by atoms with E-state index in [1.54, 1.807) is 0 Å². The van der Waals surface area contributed by atoms with Crippen LogP contribution < -0.4 is 0 Å². The fourth-order valence-electron chi connectivity index (χ4n) is 0.971. The molecule has 3 unspecified atom stereocenters. The van der Waals surface area contributed by atoms with Gasteiger partial charge in [0, 0.05) is 0 Å². The van der Waals surface area contributed by atoms with Crippen LogP contribution in [0, 0.1) is 5.92 Å². The Balaban J connectivity index is 0.000000321. The largest absolute Gasteiger partial charge is 0.425 e. The highest BCUT2D eigenvalue weighted by atomic mass is 19.4. The third-order valence-electron chi connectivity index (χ3n) is 2.14. The molecule has 1 rings (SSSR count). The Morgan fingerprint density at radius 3 is 1.28 bits per heavy atom. The first kappa shape index (κ1) is 17.3. The van der Waals surface area contributed by atoms with E-state index in [0.29, 0.717) is 0 Å². The first-order valence-electron chi connectivity index (χ1n) is 4.57. The normalized spacial score (nSPS) is 26.2. The Morgan fingerprint density at radius 2 is 1.28 bits per heavy atom. The number of hydrogen-bond acceptors (Lipinski definition) is 0. The van der Waals surface area contributed by atoms with Crippen LogP contribution in [-0.4, -0.2) is 31.1 Å². The molecule has 0 bridgehead atoms. The summed E-state index contributed by atoms with van der Waals surface area (Å²) in [4.78, 5) is 0. The summed E-state index contributed by atoms with van der Waals surface area (Å²) in [6, 6.07) is 0. The van der Waals surface area contributed by atoms with Crippen molar-refractivity contribution in [2.45, 2.75) is 44.0 Å². The molecule has 0 amide bonds. The van der Waals surface area contributed by atoms with E-state index in [4.69, 9.17) is 0 Å². The number of alkyl halides is 10. The van der Waals surface area contributed by atoms with Gasteiger partial charge in [0.1, 0.15) is 6.17 Å². The predicted molar refractivity (Wildman–Crippen MR) is 40.6 cm³/mol. The topological polar surface area (TPSA) is 0 Å². The van der Waals surface area contributed by atoms with E-state index in [-0.39, 0.29) is 12.8 Å². The van der Waals surface area contributed by atoms with Crippen molar-refractivity contribution >= 4 is 0 Å². The van der Waals surface area contributed by atoms with E-state index in [1.165, 1.54) is 0 Å². The van der Waals surface area contributed by atoms with Crippen molar-refractivity contribution in [3.05, 3.63) is 0 Å². The molecule has 0 aliphatic heterocycles. The minimum atomic E-state index is -5.44. The van der Waals surface area contributed by atoms with Crippen LogP contribution in [0.3, 0.4) is 0 Å². The Morgan fingerprint density at radius 1 is 0.833 bits per heavy atom. The zero-order chi connectivity index (χ0) is 14.7. The maximum absolute atomic E-state index is 12.0.